The number of aromatic nitrogens is 1. The van der Waals surface area contributed by atoms with Crippen molar-refractivity contribution in [3.8, 4) is 0 Å². The highest BCUT2D eigenvalue weighted by Gasteiger charge is 2.11. The third kappa shape index (κ3) is 2.69. The first-order valence-corrected chi connectivity index (χ1v) is 5.64. The molecule has 0 saturated carbocycles. The number of carboxylic acids is 1. The van der Waals surface area contributed by atoms with E-state index in [9.17, 15) is 14.0 Å². The molecule has 1 amide bonds. The summed E-state index contributed by atoms with van der Waals surface area (Å²) in [5.41, 5.74) is 0.196. The average Bonchev–Trinajstić information content (AvgIpc) is 2.78. The summed E-state index contributed by atoms with van der Waals surface area (Å²) in [6, 6.07) is 5.25. The number of nitrogens with one attached hydrogen (secondary N) is 1. The molecule has 0 radical (unpaired) electrons. The van der Waals surface area contributed by atoms with Crippen molar-refractivity contribution in [2.24, 2.45) is 0 Å². The van der Waals surface area contributed by atoms with Gasteiger partial charge in [-0.15, -0.1) is 11.3 Å². The Kier molecular flexibility index (Phi) is 3.33. The summed E-state index contributed by atoms with van der Waals surface area (Å²) in [5.74, 6) is -2.19. The van der Waals surface area contributed by atoms with Gasteiger partial charge in [0, 0.05) is 6.20 Å². The highest BCUT2D eigenvalue weighted by molar-refractivity contribution is 7.18. The van der Waals surface area contributed by atoms with E-state index in [0.717, 1.165) is 23.6 Å². The molecule has 0 aliphatic carbocycles. The number of nitrogens with zero attached hydrogens (tertiary/aromatic N) is 1. The van der Waals surface area contributed by atoms with Gasteiger partial charge in [0.05, 0.1) is 10.6 Å². The van der Waals surface area contributed by atoms with Gasteiger partial charge in [-0.25, -0.2) is 9.78 Å². The van der Waals surface area contributed by atoms with Crippen LogP contribution in [-0.2, 0) is 0 Å². The maximum atomic E-state index is 12.6. The van der Waals surface area contributed by atoms with Crippen LogP contribution in [0.4, 0.5) is 9.39 Å². The molecule has 92 valence electrons. The van der Waals surface area contributed by atoms with Crippen molar-refractivity contribution < 1.29 is 19.1 Å². The number of thiophene rings is 1. The Morgan fingerprint density at radius 1 is 1.28 bits per heavy atom. The van der Waals surface area contributed by atoms with Crippen molar-refractivity contribution in [2.75, 3.05) is 5.32 Å². The monoisotopic (exact) mass is 266 g/mol. The number of carbonyl (C=O) groups is 2. The molecule has 5 nitrogen and oxygen atoms in total. The fourth-order valence-electron chi connectivity index (χ4n) is 1.21. The third-order valence-corrected chi connectivity index (χ3v) is 3.03. The number of aromatic carboxylic acids is 1. The number of pyridine rings is 1. The van der Waals surface area contributed by atoms with Gasteiger partial charge >= 0.3 is 5.97 Å². The highest BCUT2D eigenvalue weighted by Crippen LogP contribution is 2.22. The third-order valence-electron chi connectivity index (χ3n) is 2.04. The van der Waals surface area contributed by atoms with Gasteiger partial charge in [-0.1, -0.05) is 0 Å². The van der Waals surface area contributed by atoms with E-state index in [1.165, 1.54) is 18.2 Å². The van der Waals surface area contributed by atoms with Crippen LogP contribution in [-0.4, -0.2) is 22.0 Å². The second-order valence-electron chi connectivity index (χ2n) is 3.29. The van der Waals surface area contributed by atoms with Gasteiger partial charge in [-0.2, -0.15) is 4.39 Å². The van der Waals surface area contributed by atoms with Gasteiger partial charge in [-0.05, 0) is 24.3 Å². The largest absolute Gasteiger partial charge is 0.477 e. The van der Waals surface area contributed by atoms with E-state index in [1.807, 2.05) is 0 Å². The van der Waals surface area contributed by atoms with Crippen LogP contribution in [0.15, 0.2) is 30.5 Å². The summed E-state index contributed by atoms with van der Waals surface area (Å²) in [5, 5.41) is 11.6. The van der Waals surface area contributed by atoms with Gasteiger partial charge < -0.3 is 10.4 Å². The number of hydrogen-bond acceptors (Lipinski definition) is 4. The molecule has 7 heteroatoms. The number of anilines is 1. The fraction of sp³-hybridized carbons (Fsp3) is 0. The number of halogens is 1. The SMILES string of the molecule is O=C(Nc1ccc(C(=O)O)s1)c1ccc(F)nc1. The molecule has 0 aliphatic rings. The zero-order chi connectivity index (χ0) is 13.1. The van der Waals surface area contributed by atoms with Crippen LogP contribution in [0.5, 0.6) is 0 Å². The molecular formula is C11H7FN2O3S. The standard InChI is InChI=1S/C11H7FN2O3S/c12-8-3-1-6(5-13-8)10(15)14-9-4-2-7(18-9)11(16)17/h1-5H,(H,14,15)(H,16,17). The highest BCUT2D eigenvalue weighted by atomic mass is 32.1. The number of amides is 1. The molecule has 0 saturated heterocycles. The quantitative estimate of drug-likeness (QED) is 0.835. The van der Waals surface area contributed by atoms with Gasteiger partial charge in [-0.3, -0.25) is 4.79 Å². The lowest BCUT2D eigenvalue weighted by molar-refractivity contribution is 0.0702. The van der Waals surface area contributed by atoms with E-state index in [0.29, 0.717) is 5.00 Å². The van der Waals surface area contributed by atoms with Crippen molar-refractivity contribution in [1.82, 2.24) is 4.98 Å². The zero-order valence-corrected chi connectivity index (χ0v) is 9.70. The fourth-order valence-corrected chi connectivity index (χ4v) is 1.95. The lowest BCUT2D eigenvalue weighted by Gasteiger charge is -2.01. The molecule has 0 aromatic carbocycles. The summed E-state index contributed by atoms with van der Waals surface area (Å²) >= 11 is 0.941. The average molecular weight is 266 g/mol. The van der Waals surface area contributed by atoms with Crippen LogP contribution in [0.2, 0.25) is 0 Å². The predicted octanol–water partition coefficient (Wildman–Crippen LogP) is 2.23. The Morgan fingerprint density at radius 3 is 2.61 bits per heavy atom. The Morgan fingerprint density at radius 2 is 2.06 bits per heavy atom. The Labute approximate surface area is 105 Å². The van der Waals surface area contributed by atoms with E-state index in [2.05, 4.69) is 10.3 Å². The number of carbonyl (C=O) groups excluding carboxylic acids is 1. The van der Waals surface area contributed by atoms with E-state index >= 15 is 0 Å². The summed E-state index contributed by atoms with van der Waals surface area (Å²) in [4.78, 5) is 25.8. The van der Waals surface area contributed by atoms with E-state index < -0.39 is 17.8 Å². The van der Waals surface area contributed by atoms with Crippen molar-refractivity contribution in [3.05, 3.63) is 46.9 Å². The van der Waals surface area contributed by atoms with Crippen LogP contribution in [0.3, 0.4) is 0 Å². The lowest BCUT2D eigenvalue weighted by Crippen LogP contribution is -2.11. The van der Waals surface area contributed by atoms with Crippen LogP contribution < -0.4 is 5.32 Å². The van der Waals surface area contributed by atoms with E-state index in [-0.39, 0.29) is 10.4 Å². The minimum Gasteiger partial charge on any atom is -0.477 e. The first kappa shape index (κ1) is 12.2. The molecule has 0 spiro atoms. The van der Waals surface area contributed by atoms with Crippen LogP contribution in [0.25, 0.3) is 0 Å². The second kappa shape index (κ2) is 4.92. The first-order valence-electron chi connectivity index (χ1n) is 4.82. The van der Waals surface area contributed by atoms with E-state index in [4.69, 9.17) is 5.11 Å². The predicted molar refractivity (Wildman–Crippen MR) is 63.4 cm³/mol. The molecule has 0 aliphatic heterocycles. The van der Waals surface area contributed by atoms with Crippen LogP contribution in [0, 0.1) is 5.95 Å². The van der Waals surface area contributed by atoms with Crippen LogP contribution in [0.1, 0.15) is 20.0 Å². The second-order valence-corrected chi connectivity index (χ2v) is 4.38. The molecule has 2 rings (SSSR count). The van der Waals surface area contributed by atoms with Gasteiger partial charge in [0.15, 0.2) is 0 Å². The van der Waals surface area contributed by atoms with Crippen LogP contribution >= 0.6 is 11.3 Å². The molecule has 2 heterocycles. The Balaban J connectivity index is 2.11. The number of rotatable bonds is 3. The normalized spacial score (nSPS) is 10.1. The Bertz CT molecular complexity index is 595. The molecular weight excluding hydrogens is 259 g/mol. The topological polar surface area (TPSA) is 79.3 Å². The Hall–Kier alpha value is -2.28. The minimum atomic E-state index is -1.05. The molecule has 0 fully saturated rings. The molecule has 18 heavy (non-hydrogen) atoms. The molecule has 0 bridgehead atoms. The van der Waals surface area contributed by atoms with Gasteiger partial charge in [0.1, 0.15) is 4.88 Å². The molecule has 2 N–H and O–H groups in total. The lowest BCUT2D eigenvalue weighted by atomic mass is 10.3. The zero-order valence-electron chi connectivity index (χ0n) is 8.88. The van der Waals surface area contributed by atoms with Crippen molar-refractivity contribution >= 4 is 28.2 Å². The summed E-state index contributed by atoms with van der Waals surface area (Å²) in [6.07, 6.45) is 1.11. The van der Waals surface area contributed by atoms with Gasteiger partial charge in [0.25, 0.3) is 5.91 Å². The van der Waals surface area contributed by atoms with E-state index in [1.54, 1.807) is 0 Å². The summed E-state index contributed by atoms with van der Waals surface area (Å²) < 4.78 is 12.6. The van der Waals surface area contributed by atoms with Gasteiger partial charge in [0.2, 0.25) is 5.95 Å². The molecule has 2 aromatic rings. The summed E-state index contributed by atoms with van der Waals surface area (Å²) in [6.45, 7) is 0. The maximum absolute atomic E-state index is 12.6. The van der Waals surface area contributed by atoms with Crippen molar-refractivity contribution in [2.45, 2.75) is 0 Å². The molecule has 0 atom stereocenters. The maximum Gasteiger partial charge on any atom is 0.345 e. The first-order chi connectivity index (χ1) is 8.56. The van der Waals surface area contributed by atoms with Crippen molar-refractivity contribution in [1.29, 1.82) is 0 Å². The number of hydrogen-bond donors (Lipinski definition) is 2. The molecule has 0 unspecified atom stereocenters. The molecule has 2 aromatic heterocycles. The number of carboxylic acid groups (broad SMARTS) is 1. The summed E-state index contributed by atoms with van der Waals surface area (Å²) in [7, 11) is 0. The van der Waals surface area contributed by atoms with Crippen molar-refractivity contribution in [3.63, 3.8) is 0 Å². The minimum absolute atomic E-state index is 0.127. The smallest absolute Gasteiger partial charge is 0.345 e.